The summed E-state index contributed by atoms with van der Waals surface area (Å²) in [6.07, 6.45) is 8.76. The molecule has 0 aliphatic heterocycles. The van der Waals surface area contributed by atoms with Gasteiger partial charge in [0, 0.05) is 6.04 Å². The molecule has 0 saturated heterocycles. The Morgan fingerprint density at radius 3 is 2.79 bits per heavy atom. The van der Waals surface area contributed by atoms with Gasteiger partial charge in [0.15, 0.2) is 0 Å². The van der Waals surface area contributed by atoms with Crippen molar-refractivity contribution < 1.29 is 0 Å². The number of nitrogens with one attached hydrogen (secondary N) is 1. The molecule has 0 aromatic heterocycles. The van der Waals surface area contributed by atoms with Gasteiger partial charge < -0.3 is 5.32 Å². The van der Waals surface area contributed by atoms with Crippen molar-refractivity contribution in [2.24, 2.45) is 11.8 Å². The molecular formula is C13H25N. The molecule has 0 aromatic carbocycles. The van der Waals surface area contributed by atoms with Crippen molar-refractivity contribution in [2.75, 3.05) is 6.54 Å². The second-order valence-electron chi connectivity index (χ2n) is 4.60. The minimum atomic E-state index is 0.732. The van der Waals surface area contributed by atoms with E-state index in [-0.39, 0.29) is 0 Å². The zero-order valence-electron chi connectivity index (χ0n) is 9.76. The molecule has 1 aliphatic rings. The fraction of sp³-hybridized carbons (Fsp3) is 0.846. The summed E-state index contributed by atoms with van der Waals surface area (Å²) in [5.41, 5.74) is 0. The van der Waals surface area contributed by atoms with E-state index in [1.807, 2.05) is 6.08 Å². The van der Waals surface area contributed by atoms with Crippen LogP contribution >= 0.6 is 0 Å². The van der Waals surface area contributed by atoms with Crippen LogP contribution in [0.2, 0.25) is 0 Å². The Balaban J connectivity index is 2.42. The molecule has 0 spiro atoms. The van der Waals surface area contributed by atoms with E-state index in [0.29, 0.717) is 0 Å². The molecule has 1 saturated carbocycles. The van der Waals surface area contributed by atoms with E-state index in [2.05, 4.69) is 25.7 Å². The third-order valence-electron chi connectivity index (χ3n) is 3.59. The molecule has 82 valence electrons. The van der Waals surface area contributed by atoms with Gasteiger partial charge >= 0.3 is 0 Å². The number of rotatable bonds is 6. The monoisotopic (exact) mass is 195 g/mol. The highest BCUT2D eigenvalue weighted by atomic mass is 14.9. The Hall–Kier alpha value is -0.300. The molecule has 0 heterocycles. The van der Waals surface area contributed by atoms with Gasteiger partial charge in [-0.15, -0.1) is 6.58 Å². The second-order valence-corrected chi connectivity index (χ2v) is 4.60. The largest absolute Gasteiger partial charge is 0.314 e. The SMILES string of the molecule is C=CCCC(NCC)C1CCCC1C. The van der Waals surface area contributed by atoms with Crippen molar-refractivity contribution in [3.05, 3.63) is 12.7 Å². The molecule has 3 atom stereocenters. The van der Waals surface area contributed by atoms with Crippen LogP contribution in [0.3, 0.4) is 0 Å². The molecule has 14 heavy (non-hydrogen) atoms. The Morgan fingerprint density at radius 1 is 1.50 bits per heavy atom. The van der Waals surface area contributed by atoms with Gasteiger partial charge in [0.05, 0.1) is 0 Å². The predicted octanol–water partition coefficient (Wildman–Crippen LogP) is 3.37. The maximum absolute atomic E-state index is 3.81. The highest BCUT2D eigenvalue weighted by Gasteiger charge is 2.29. The summed E-state index contributed by atoms with van der Waals surface area (Å²) < 4.78 is 0. The van der Waals surface area contributed by atoms with Gasteiger partial charge in [-0.1, -0.05) is 32.8 Å². The van der Waals surface area contributed by atoms with Gasteiger partial charge in [-0.05, 0) is 37.6 Å². The minimum absolute atomic E-state index is 0.732. The first-order valence-electron chi connectivity index (χ1n) is 6.13. The molecule has 0 aromatic rings. The summed E-state index contributed by atoms with van der Waals surface area (Å²) in [7, 11) is 0. The van der Waals surface area contributed by atoms with Crippen molar-refractivity contribution in [1.29, 1.82) is 0 Å². The maximum atomic E-state index is 3.81. The van der Waals surface area contributed by atoms with E-state index in [4.69, 9.17) is 0 Å². The minimum Gasteiger partial charge on any atom is -0.314 e. The van der Waals surface area contributed by atoms with Crippen LogP contribution < -0.4 is 5.32 Å². The Bertz CT molecular complexity index is 165. The Labute approximate surface area is 89.0 Å². The van der Waals surface area contributed by atoms with Crippen molar-refractivity contribution in [3.8, 4) is 0 Å². The normalized spacial score (nSPS) is 29.0. The number of hydrogen-bond acceptors (Lipinski definition) is 1. The van der Waals surface area contributed by atoms with Crippen LogP contribution in [0.25, 0.3) is 0 Å². The lowest BCUT2D eigenvalue weighted by molar-refractivity contribution is 0.288. The highest BCUT2D eigenvalue weighted by Crippen LogP contribution is 2.34. The van der Waals surface area contributed by atoms with Gasteiger partial charge in [-0.2, -0.15) is 0 Å². The average Bonchev–Trinajstić information content (AvgIpc) is 2.59. The molecule has 1 nitrogen and oxygen atoms in total. The maximum Gasteiger partial charge on any atom is 0.0101 e. The Morgan fingerprint density at radius 2 is 2.29 bits per heavy atom. The van der Waals surface area contributed by atoms with Gasteiger partial charge in [0.25, 0.3) is 0 Å². The molecule has 0 amide bonds. The van der Waals surface area contributed by atoms with Gasteiger partial charge in [0.2, 0.25) is 0 Å². The summed E-state index contributed by atoms with van der Waals surface area (Å²) in [6, 6.07) is 0.732. The summed E-state index contributed by atoms with van der Waals surface area (Å²) >= 11 is 0. The predicted molar refractivity (Wildman–Crippen MR) is 63.4 cm³/mol. The average molecular weight is 195 g/mol. The first-order chi connectivity index (χ1) is 6.79. The standard InChI is InChI=1S/C13H25N/c1-4-6-10-13(14-5-2)12-9-7-8-11(12)3/h4,11-14H,1,5-10H2,2-3H3. The van der Waals surface area contributed by atoms with Crippen LogP contribution in [0.5, 0.6) is 0 Å². The van der Waals surface area contributed by atoms with Crippen LogP contribution in [-0.4, -0.2) is 12.6 Å². The molecular weight excluding hydrogens is 170 g/mol. The third-order valence-corrected chi connectivity index (χ3v) is 3.59. The quantitative estimate of drug-likeness (QED) is 0.641. The van der Waals surface area contributed by atoms with Crippen LogP contribution in [0.1, 0.15) is 46.0 Å². The van der Waals surface area contributed by atoms with Crippen molar-refractivity contribution >= 4 is 0 Å². The van der Waals surface area contributed by atoms with Crippen LogP contribution in [0, 0.1) is 11.8 Å². The molecule has 1 aliphatic carbocycles. The van der Waals surface area contributed by atoms with Gasteiger partial charge in [-0.25, -0.2) is 0 Å². The van der Waals surface area contributed by atoms with Crippen molar-refractivity contribution in [3.63, 3.8) is 0 Å². The molecule has 1 heteroatoms. The summed E-state index contributed by atoms with van der Waals surface area (Å²) in [5.74, 6) is 1.83. The molecule has 1 N–H and O–H groups in total. The van der Waals surface area contributed by atoms with Crippen LogP contribution in [-0.2, 0) is 0 Å². The highest BCUT2D eigenvalue weighted by molar-refractivity contribution is 4.86. The zero-order valence-corrected chi connectivity index (χ0v) is 9.76. The number of hydrogen-bond donors (Lipinski definition) is 1. The number of allylic oxidation sites excluding steroid dienone is 1. The lowest BCUT2D eigenvalue weighted by Crippen LogP contribution is -2.37. The van der Waals surface area contributed by atoms with E-state index in [0.717, 1.165) is 30.8 Å². The molecule has 3 unspecified atom stereocenters. The lowest BCUT2D eigenvalue weighted by Gasteiger charge is -2.27. The Kier molecular flexibility index (Phi) is 5.24. The van der Waals surface area contributed by atoms with Crippen molar-refractivity contribution in [1.82, 2.24) is 5.32 Å². The van der Waals surface area contributed by atoms with Gasteiger partial charge in [-0.3, -0.25) is 0 Å². The van der Waals surface area contributed by atoms with E-state index < -0.39 is 0 Å². The zero-order chi connectivity index (χ0) is 10.4. The van der Waals surface area contributed by atoms with E-state index in [1.165, 1.54) is 25.7 Å². The second kappa shape index (κ2) is 6.23. The van der Waals surface area contributed by atoms with Crippen LogP contribution in [0.4, 0.5) is 0 Å². The lowest BCUT2D eigenvalue weighted by atomic mass is 9.87. The van der Waals surface area contributed by atoms with E-state index >= 15 is 0 Å². The van der Waals surface area contributed by atoms with Crippen LogP contribution in [0.15, 0.2) is 12.7 Å². The summed E-state index contributed by atoms with van der Waals surface area (Å²) in [4.78, 5) is 0. The fourth-order valence-corrected chi connectivity index (χ4v) is 2.80. The van der Waals surface area contributed by atoms with Gasteiger partial charge in [0.1, 0.15) is 0 Å². The fourth-order valence-electron chi connectivity index (χ4n) is 2.80. The smallest absolute Gasteiger partial charge is 0.0101 e. The first kappa shape index (κ1) is 11.8. The topological polar surface area (TPSA) is 12.0 Å². The molecule has 0 bridgehead atoms. The first-order valence-corrected chi connectivity index (χ1v) is 6.13. The molecule has 1 fully saturated rings. The molecule has 0 radical (unpaired) electrons. The van der Waals surface area contributed by atoms with Crippen molar-refractivity contribution in [2.45, 2.75) is 52.0 Å². The third kappa shape index (κ3) is 3.13. The molecule has 1 rings (SSSR count). The van der Waals surface area contributed by atoms with E-state index in [1.54, 1.807) is 0 Å². The summed E-state index contributed by atoms with van der Waals surface area (Å²) in [5, 5.41) is 3.64. The van der Waals surface area contributed by atoms with E-state index in [9.17, 15) is 0 Å². The summed E-state index contributed by atoms with van der Waals surface area (Å²) in [6.45, 7) is 9.53.